The standard InChI is InChI=1S/C12H19BrN2O2S/c1-4-9(3)15(5-2)18(16,17)12-7-6-10(14)8-11(12)13/h6-9H,4-5,14H2,1-3H3. The summed E-state index contributed by atoms with van der Waals surface area (Å²) < 4.78 is 27.1. The number of nitrogen functional groups attached to an aromatic ring is 1. The van der Waals surface area contributed by atoms with E-state index in [-0.39, 0.29) is 10.9 Å². The average Bonchev–Trinajstić information content (AvgIpc) is 2.28. The van der Waals surface area contributed by atoms with Gasteiger partial charge in [-0.25, -0.2) is 8.42 Å². The van der Waals surface area contributed by atoms with E-state index < -0.39 is 10.0 Å². The summed E-state index contributed by atoms with van der Waals surface area (Å²) in [4.78, 5) is 0.263. The molecular weight excluding hydrogens is 316 g/mol. The van der Waals surface area contributed by atoms with E-state index in [1.54, 1.807) is 18.2 Å². The minimum Gasteiger partial charge on any atom is -0.399 e. The highest BCUT2D eigenvalue weighted by Crippen LogP contribution is 2.28. The Morgan fingerprint density at radius 1 is 1.39 bits per heavy atom. The first-order valence-electron chi connectivity index (χ1n) is 5.91. The molecule has 1 atom stereocenters. The molecule has 0 bridgehead atoms. The van der Waals surface area contributed by atoms with E-state index in [1.165, 1.54) is 4.31 Å². The van der Waals surface area contributed by atoms with Crippen LogP contribution in [-0.2, 0) is 10.0 Å². The van der Waals surface area contributed by atoms with E-state index in [1.807, 2.05) is 20.8 Å². The van der Waals surface area contributed by atoms with E-state index in [4.69, 9.17) is 5.73 Å². The van der Waals surface area contributed by atoms with Gasteiger partial charge in [0.25, 0.3) is 0 Å². The lowest BCUT2D eigenvalue weighted by Gasteiger charge is -2.26. The van der Waals surface area contributed by atoms with E-state index in [9.17, 15) is 8.42 Å². The summed E-state index contributed by atoms with van der Waals surface area (Å²) in [6.45, 7) is 6.18. The Morgan fingerprint density at radius 2 is 2.00 bits per heavy atom. The Kier molecular flexibility index (Phi) is 5.19. The first-order valence-corrected chi connectivity index (χ1v) is 8.14. The monoisotopic (exact) mass is 334 g/mol. The quantitative estimate of drug-likeness (QED) is 0.842. The second kappa shape index (κ2) is 6.04. The van der Waals surface area contributed by atoms with Gasteiger partial charge in [-0.2, -0.15) is 4.31 Å². The SMILES string of the molecule is CCC(C)N(CC)S(=O)(=O)c1ccc(N)cc1Br. The Hall–Kier alpha value is -0.590. The Morgan fingerprint density at radius 3 is 2.44 bits per heavy atom. The van der Waals surface area contributed by atoms with E-state index in [2.05, 4.69) is 15.9 Å². The van der Waals surface area contributed by atoms with Gasteiger partial charge in [0.05, 0.1) is 4.90 Å². The van der Waals surface area contributed by atoms with Crippen molar-refractivity contribution in [2.24, 2.45) is 0 Å². The smallest absolute Gasteiger partial charge is 0.244 e. The summed E-state index contributed by atoms with van der Waals surface area (Å²) in [7, 11) is -3.48. The lowest BCUT2D eigenvalue weighted by molar-refractivity contribution is 0.342. The molecule has 4 nitrogen and oxygen atoms in total. The molecule has 0 spiro atoms. The molecule has 0 fully saturated rings. The number of benzene rings is 1. The van der Waals surface area contributed by atoms with Crippen molar-refractivity contribution in [3.63, 3.8) is 0 Å². The molecule has 1 aromatic carbocycles. The lowest BCUT2D eigenvalue weighted by Crippen LogP contribution is -2.38. The zero-order valence-corrected chi connectivity index (χ0v) is 13.3. The molecule has 1 aromatic rings. The molecule has 0 radical (unpaired) electrons. The summed E-state index contributed by atoms with van der Waals surface area (Å²) >= 11 is 3.27. The topological polar surface area (TPSA) is 63.4 Å². The van der Waals surface area contributed by atoms with Gasteiger partial charge in [-0.1, -0.05) is 13.8 Å². The normalized spacial score (nSPS) is 13.8. The number of anilines is 1. The fourth-order valence-corrected chi connectivity index (χ4v) is 4.55. The molecule has 0 saturated carbocycles. The van der Waals surface area contributed by atoms with Crippen LogP contribution in [-0.4, -0.2) is 25.3 Å². The number of nitrogens with two attached hydrogens (primary N) is 1. The fraction of sp³-hybridized carbons (Fsp3) is 0.500. The van der Waals surface area contributed by atoms with Gasteiger partial charge in [0.1, 0.15) is 0 Å². The Labute approximate surface area is 117 Å². The molecule has 0 saturated heterocycles. The van der Waals surface area contributed by atoms with Crippen molar-refractivity contribution in [2.45, 2.75) is 38.1 Å². The summed E-state index contributed by atoms with van der Waals surface area (Å²) in [5.74, 6) is 0. The molecule has 0 aliphatic heterocycles. The molecule has 0 aliphatic carbocycles. The van der Waals surface area contributed by atoms with Crippen LogP contribution in [0.15, 0.2) is 27.6 Å². The molecule has 0 aliphatic rings. The minimum atomic E-state index is -3.48. The van der Waals surface area contributed by atoms with Crippen LogP contribution >= 0.6 is 15.9 Å². The van der Waals surface area contributed by atoms with Gasteiger partial charge in [-0.15, -0.1) is 0 Å². The minimum absolute atomic E-state index is 0.0237. The van der Waals surface area contributed by atoms with Gasteiger partial charge in [-0.05, 0) is 47.5 Å². The number of halogens is 1. The van der Waals surface area contributed by atoms with Crippen molar-refractivity contribution in [3.8, 4) is 0 Å². The molecule has 2 N–H and O–H groups in total. The summed E-state index contributed by atoms with van der Waals surface area (Å²) in [5.41, 5.74) is 6.16. The fourth-order valence-electron chi connectivity index (χ4n) is 1.77. The molecule has 1 unspecified atom stereocenters. The van der Waals surface area contributed by atoms with Crippen LogP contribution in [0, 0.1) is 0 Å². The first-order chi connectivity index (χ1) is 8.34. The molecule has 0 aromatic heterocycles. The zero-order valence-electron chi connectivity index (χ0n) is 10.9. The highest BCUT2D eigenvalue weighted by Gasteiger charge is 2.28. The molecule has 102 valence electrons. The number of nitrogens with zero attached hydrogens (tertiary/aromatic N) is 1. The van der Waals surface area contributed by atoms with E-state index in [0.29, 0.717) is 16.7 Å². The maximum absolute atomic E-state index is 12.6. The molecular formula is C12H19BrN2O2S. The molecule has 0 amide bonds. The van der Waals surface area contributed by atoms with Crippen molar-refractivity contribution < 1.29 is 8.42 Å². The first kappa shape index (κ1) is 15.5. The Balaban J connectivity index is 3.27. The van der Waals surface area contributed by atoms with Gasteiger partial charge in [-0.3, -0.25) is 0 Å². The largest absolute Gasteiger partial charge is 0.399 e. The lowest BCUT2D eigenvalue weighted by atomic mass is 10.3. The second-order valence-corrected chi connectivity index (χ2v) is 6.87. The highest BCUT2D eigenvalue weighted by atomic mass is 79.9. The average molecular weight is 335 g/mol. The number of hydrogen-bond acceptors (Lipinski definition) is 3. The summed E-state index contributed by atoms with van der Waals surface area (Å²) in [6, 6.07) is 4.73. The van der Waals surface area contributed by atoms with Gasteiger partial charge in [0.2, 0.25) is 10.0 Å². The van der Waals surface area contributed by atoms with Crippen molar-refractivity contribution >= 4 is 31.6 Å². The van der Waals surface area contributed by atoms with Crippen LogP contribution in [0.5, 0.6) is 0 Å². The van der Waals surface area contributed by atoms with Crippen LogP contribution in [0.1, 0.15) is 27.2 Å². The summed E-state index contributed by atoms with van der Waals surface area (Å²) in [6.07, 6.45) is 0.777. The maximum atomic E-state index is 12.6. The molecule has 0 heterocycles. The van der Waals surface area contributed by atoms with Gasteiger partial charge < -0.3 is 5.73 Å². The zero-order chi connectivity index (χ0) is 13.9. The van der Waals surface area contributed by atoms with Crippen LogP contribution in [0.2, 0.25) is 0 Å². The number of rotatable bonds is 5. The maximum Gasteiger partial charge on any atom is 0.244 e. The highest BCUT2D eigenvalue weighted by molar-refractivity contribution is 9.10. The predicted octanol–water partition coefficient (Wildman–Crippen LogP) is 2.84. The third kappa shape index (κ3) is 3.05. The van der Waals surface area contributed by atoms with Gasteiger partial charge in [0, 0.05) is 22.7 Å². The van der Waals surface area contributed by atoms with Crippen molar-refractivity contribution in [1.82, 2.24) is 4.31 Å². The van der Waals surface area contributed by atoms with Gasteiger partial charge in [0.15, 0.2) is 0 Å². The molecule has 6 heteroatoms. The van der Waals surface area contributed by atoms with Gasteiger partial charge >= 0.3 is 0 Å². The predicted molar refractivity (Wildman–Crippen MR) is 77.9 cm³/mol. The molecule has 18 heavy (non-hydrogen) atoms. The number of hydrogen-bond donors (Lipinski definition) is 1. The van der Waals surface area contributed by atoms with Crippen LogP contribution in [0.3, 0.4) is 0 Å². The molecule has 1 rings (SSSR count). The van der Waals surface area contributed by atoms with Crippen LogP contribution in [0.25, 0.3) is 0 Å². The van der Waals surface area contributed by atoms with Crippen molar-refractivity contribution in [2.75, 3.05) is 12.3 Å². The van der Waals surface area contributed by atoms with E-state index in [0.717, 1.165) is 6.42 Å². The van der Waals surface area contributed by atoms with E-state index >= 15 is 0 Å². The van der Waals surface area contributed by atoms with Crippen molar-refractivity contribution in [1.29, 1.82) is 0 Å². The Bertz CT molecular complexity index is 517. The van der Waals surface area contributed by atoms with Crippen LogP contribution in [0.4, 0.5) is 5.69 Å². The third-order valence-electron chi connectivity index (χ3n) is 2.94. The van der Waals surface area contributed by atoms with Crippen molar-refractivity contribution in [3.05, 3.63) is 22.7 Å². The van der Waals surface area contributed by atoms with Crippen LogP contribution < -0.4 is 5.73 Å². The second-order valence-electron chi connectivity index (χ2n) is 4.16. The third-order valence-corrected chi connectivity index (χ3v) is 6.00. The number of sulfonamides is 1. The summed E-state index contributed by atoms with van der Waals surface area (Å²) in [5, 5.41) is 0.